The van der Waals surface area contributed by atoms with Crippen molar-refractivity contribution in [1.29, 1.82) is 0 Å². The fourth-order valence-electron chi connectivity index (χ4n) is 14.2. The number of methoxy groups -OCH3 is 1. The number of phenolic OH excluding ortho intramolecular Hbond substituents is 2. The van der Waals surface area contributed by atoms with E-state index in [-0.39, 0.29) is 51.9 Å². The molecule has 1 heterocycles. The lowest BCUT2D eigenvalue weighted by molar-refractivity contribution is -0.178. The SMILES string of the molecule is CO[C@@H]1CC[C@]2(C)[C@H](CC[C@@]3(C)CC4=CC[C@@H]5C(C)(C)[C@H](OC(=O)CCC(=O)Oc6c(O)cc7oc(-c8ccccc8)cc(=O)c7c6O)CC[C@@]5(C)[C@@H]4CC[C@@H]32)C1(C)C. The van der Waals surface area contributed by atoms with Gasteiger partial charge >= 0.3 is 11.9 Å². The molecule has 9 heteroatoms. The number of esters is 2. The van der Waals surface area contributed by atoms with Crippen LogP contribution in [0.3, 0.4) is 0 Å². The smallest absolute Gasteiger partial charge is 0.312 e. The molecular weight excluding hydrogens is 745 g/mol. The summed E-state index contributed by atoms with van der Waals surface area (Å²) in [6.45, 7) is 17.2. The second-order valence-corrected chi connectivity index (χ2v) is 20.9. The quantitative estimate of drug-likeness (QED) is 0.136. The largest absolute Gasteiger partial charge is 0.504 e. The molecule has 0 saturated heterocycles. The number of carbonyl (C=O) groups is 2. The molecule has 9 nitrogen and oxygen atoms in total. The highest BCUT2D eigenvalue weighted by Crippen LogP contribution is 2.70. The number of fused-ring (bicyclic) bond motifs is 7. The second kappa shape index (κ2) is 14.8. The first-order valence-electron chi connectivity index (χ1n) is 22.0. The van der Waals surface area contributed by atoms with Crippen LogP contribution in [0.25, 0.3) is 22.3 Å². The highest BCUT2D eigenvalue weighted by Gasteiger charge is 2.63. The van der Waals surface area contributed by atoms with Crippen molar-refractivity contribution in [3.8, 4) is 28.6 Å². The van der Waals surface area contributed by atoms with Crippen LogP contribution in [0.4, 0.5) is 0 Å². The normalized spacial score (nSPS) is 34.5. The van der Waals surface area contributed by atoms with Crippen LogP contribution in [0.5, 0.6) is 17.2 Å². The Morgan fingerprint density at radius 1 is 0.780 bits per heavy atom. The van der Waals surface area contributed by atoms with Crippen molar-refractivity contribution in [3.05, 3.63) is 64.3 Å². The lowest BCUT2D eigenvalue weighted by Crippen LogP contribution is -2.58. The van der Waals surface area contributed by atoms with E-state index in [4.69, 9.17) is 18.6 Å². The standard InChI is InChI=1S/C50H64O9/c1-46(2)37-20-23-48(5)28-30-14-16-36-47(3,4)40(22-24-49(36,6)31(30)15-17-38(48)50(37,7)25-21-39(46)56-8)58-41(53)18-19-42(54)59-45-33(52)27-35-43(44(45)55)32(51)26-34(57-35)29-12-10-9-11-13-29/h9-14,26-27,31,36-40,52,55H,15-25,28H2,1-8H3/t31-,36-,37-,38+,39-,40-,48+,49+,50-/m1/s1. The van der Waals surface area contributed by atoms with Crippen LogP contribution < -0.4 is 10.2 Å². The molecule has 318 valence electrons. The summed E-state index contributed by atoms with van der Waals surface area (Å²) in [4.78, 5) is 39.4. The molecule has 9 atom stereocenters. The third-order valence-corrected chi connectivity index (χ3v) is 17.1. The lowest BCUT2D eigenvalue weighted by atomic mass is 9.42. The third-order valence-electron chi connectivity index (χ3n) is 17.1. The van der Waals surface area contributed by atoms with Crippen molar-refractivity contribution in [2.45, 2.75) is 138 Å². The summed E-state index contributed by atoms with van der Waals surface area (Å²) in [5.41, 5.74) is 2.27. The third kappa shape index (κ3) is 6.82. The molecule has 4 fully saturated rings. The van der Waals surface area contributed by atoms with Gasteiger partial charge in [0.2, 0.25) is 5.75 Å². The molecule has 2 aromatic carbocycles. The Kier molecular flexibility index (Phi) is 10.4. The molecule has 0 bridgehead atoms. The number of benzene rings is 2. The molecule has 3 aromatic rings. The Morgan fingerprint density at radius 2 is 1.46 bits per heavy atom. The Balaban J connectivity index is 0.917. The molecule has 5 aliphatic carbocycles. The predicted molar refractivity (Wildman–Crippen MR) is 227 cm³/mol. The van der Waals surface area contributed by atoms with Crippen LogP contribution in [0.15, 0.2) is 63.3 Å². The Hall–Kier alpha value is -4.11. The summed E-state index contributed by atoms with van der Waals surface area (Å²) in [6.07, 6.45) is 13.4. The maximum atomic E-state index is 13.4. The van der Waals surface area contributed by atoms with E-state index in [1.165, 1.54) is 44.6 Å². The minimum Gasteiger partial charge on any atom is -0.504 e. The molecule has 0 amide bonds. The van der Waals surface area contributed by atoms with Crippen molar-refractivity contribution in [3.63, 3.8) is 0 Å². The zero-order valence-electron chi connectivity index (χ0n) is 36.3. The summed E-state index contributed by atoms with van der Waals surface area (Å²) < 4.78 is 23.4. The van der Waals surface area contributed by atoms with E-state index in [1.807, 2.05) is 13.2 Å². The zero-order chi connectivity index (χ0) is 42.3. The van der Waals surface area contributed by atoms with Gasteiger partial charge in [0.1, 0.15) is 22.8 Å². The Labute approximate surface area is 348 Å². The summed E-state index contributed by atoms with van der Waals surface area (Å²) in [5, 5.41) is 21.4. The molecule has 8 rings (SSSR count). The number of hydrogen-bond acceptors (Lipinski definition) is 9. The topological polar surface area (TPSA) is 132 Å². The van der Waals surface area contributed by atoms with Crippen molar-refractivity contribution in [2.75, 3.05) is 7.11 Å². The van der Waals surface area contributed by atoms with Gasteiger partial charge in [0.15, 0.2) is 16.9 Å². The maximum Gasteiger partial charge on any atom is 0.312 e. The molecule has 0 spiro atoms. The number of rotatable bonds is 7. The van der Waals surface area contributed by atoms with Gasteiger partial charge in [0.25, 0.3) is 0 Å². The summed E-state index contributed by atoms with van der Waals surface area (Å²) in [7, 11) is 1.90. The molecule has 5 aliphatic rings. The number of phenols is 2. The number of hydrogen-bond donors (Lipinski definition) is 2. The second-order valence-electron chi connectivity index (χ2n) is 20.9. The lowest BCUT2D eigenvalue weighted by Gasteiger charge is -2.64. The minimum atomic E-state index is -0.851. The molecule has 2 N–H and O–H groups in total. The van der Waals surface area contributed by atoms with Crippen LogP contribution in [0, 0.1) is 50.7 Å². The first-order valence-corrected chi connectivity index (χ1v) is 22.0. The number of carbonyl (C=O) groups excluding carboxylic acids is 2. The average Bonchev–Trinajstić information content (AvgIpc) is 3.34. The predicted octanol–water partition coefficient (Wildman–Crippen LogP) is 10.9. The van der Waals surface area contributed by atoms with Crippen LogP contribution in [-0.4, -0.2) is 41.5 Å². The van der Waals surface area contributed by atoms with Gasteiger partial charge in [-0.3, -0.25) is 14.4 Å². The highest BCUT2D eigenvalue weighted by molar-refractivity contribution is 5.91. The van der Waals surface area contributed by atoms with Gasteiger partial charge < -0.3 is 28.8 Å². The fraction of sp³-hybridized carbons (Fsp3) is 0.620. The maximum absolute atomic E-state index is 13.4. The van der Waals surface area contributed by atoms with Crippen LogP contribution >= 0.6 is 0 Å². The number of aromatic hydroxyl groups is 2. The van der Waals surface area contributed by atoms with Crippen molar-refractivity contribution < 1.29 is 38.4 Å². The summed E-state index contributed by atoms with van der Waals surface area (Å²) in [5.74, 6) is -0.733. The van der Waals surface area contributed by atoms with Crippen molar-refractivity contribution in [1.82, 2.24) is 0 Å². The van der Waals surface area contributed by atoms with Crippen LogP contribution in [0.2, 0.25) is 0 Å². The van der Waals surface area contributed by atoms with E-state index in [1.54, 1.807) is 29.8 Å². The zero-order valence-corrected chi connectivity index (χ0v) is 36.3. The first kappa shape index (κ1) is 41.6. The molecule has 1 aromatic heterocycles. The molecular formula is C50H64O9. The fourth-order valence-corrected chi connectivity index (χ4v) is 14.2. The van der Waals surface area contributed by atoms with Gasteiger partial charge in [-0.1, -0.05) is 90.4 Å². The van der Waals surface area contributed by atoms with E-state index in [0.29, 0.717) is 46.2 Å². The van der Waals surface area contributed by atoms with E-state index >= 15 is 0 Å². The molecule has 0 radical (unpaired) electrons. The van der Waals surface area contributed by atoms with E-state index in [2.05, 4.69) is 54.5 Å². The molecule has 0 aliphatic heterocycles. The van der Waals surface area contributed by atoms with Crippen molar-refractivity contribution >= 4 is 22.9 Å². The number of allylic oxidation sites excluding steroid dienone is 2. The van der Waals surface area contributed by atoms with Crippen molar-refractivity contribution in [2.24, 2.45) is 50.7 Å². The van der Waals surface area contributed by atoms with Gasteiger partial charge in [0.05, 0.1) is 18.9 Å². The first-order chi connectivity index (χ1) is 27.8. The van der Waals surface area contributed by atoms with Gasteiger partial charge in [0, 0.05) is 30.2 Å². The molecule has 4 saturated carbocycles. The highest BCUT2D eigenvalue weighted by atomic mass is 16.6. The van der Waals surface area contributed by atoms with Crippen LogP contribution in [0.1, 0.15) is 126 Å². The monoisotopic (exact) mass is 808 g/mol. The minimum absolute atomic E-state index is 0.0611. The van der Waals surface area contributed by atoms with Gasteiger partial charge in [-0.05, 0) is 110 Å². The van der Waals surface area contributed by atoms with Crippen LogP contribution in [-0.2, 0) is 19.1 Å². The molecule has 0 unspecified atom stereocenters. The Bertz CT molecular complexity index is 2220. The average molecular weight is 809 g/mol. The van der Waals surface area contributed by atoms with E-state index in [9.17, 15) is 24.6 Å². The van der Waals surface area contributed by atoms with E-state index in [0.717, 1.165) is 31.7 Å². The van der Waals surface area contributed by atoms with Gasteiger partial charge in [-0.2, -0.15) is 0 Å². The number of ether oxygens (including phenoxy) is 3. The van der Waals surface area contributed by atoms with Gasteiger partial charge in [-0.25, -0.2) is 0 Å². The van der Waals surface area contributed by atoms with Gasteiger partial charge in [-0.15, -0.1) is 0 Å². The summed E-state index contributed by atoms with van der Waals surface area (Å²) >= 11 is 0. The summed E-state index contributed by atoms with van der Waals surface area (Å²) in [6, 6.07) is 11.3. The Morgan fingerprint density at radius 3 is 2.19 bits per heavy atom. The van der Waals surface area contributed by atoms with E-state index < -0.39 is 34.6 Å². The molecule has 59 heavy (non-hydrogen) atoms.